The van der Waals surface area contributed by atoms with Gasteiger partial charge in [-0.25, -0.2) is 19.2 Å². The Labute approximate surface area is 404 Å². The van der Waals surface area contributed by atoms with E-state index >= 15 is 0 Å². The molecule has 0 aliphatic carbocycles. The van der Waals surface area contributed by atoms with Crippen LogP contribution in [0.25, 0.3) is 24.3 Å². The fourth-order valence-corrected chi connectivity index (χ4v) is 6.97. The quantitative estimate of drug-likeness (QED) is 0.0380. The van der Waals surface area contributed by atoms with Crippen molar-refractivity contribution in [3.63, 3.8) is 0 Å². The Morgan fingerprint density at radius 1 is 0.535 bits per heavy atom. The van der Waals surface area contributed by atoms with Gasteiger partial charge in [0.2, 0.25) is 5.79 Å². The van der Waals surface area contributed by atoms with E-state index in [1.807, 2.05) is 0 Å². The van der Waals surface area contributed by atoms with Crippen molar-refractivity contribution >= 4 is 48.2 Å². The lowest BCUT2D eigenvalue weighted by Crippen LogP contribution is -2.63. The van der Waals surface area contributed by atoms with Crippen LogP contribution >= 0.6 is 0 Å². The van der Waals surface area contributed by atoms with E-state index in [2.05, 4.69) is 0 Å². The average molecular weight is 987 g/mol. The van der Waals surface area contributed by atoms with Crippen molar-refractivity contribution in [3.8, 4) is 34.5 Å². The fraction of sp³-hybridized carbons (Fsp3) is 0.280. The Morgan fingerprint density at radius 2 is 0.972 bits per heavy atom. The van der Waals surface area contributed by atoms with E-state index in [4.69, 9.17) is 42.6 Å². The number of phenolic OH excluding ortho intramolecular Hbond substituents is 4. The van der Waals surface area contributed by atoms with Crippen molar-refractivity contribution in [1.29, 1.82) is 0 Å². The predicted molar refractivity (Wildman–Crippen MR) is 246 cm³/mol. The molecule has 2 aliphatic rings. The molecule has 2 saturated heterocycles. The van der Waals surface area contributed by atoms with E-state index in [1.165, 1.54) is 123 Å². The van der Waals surface area contributed by atoms with Crippen molar-refractivity contribution in [3.05, 3.63) is 131 Å². The molecule has 0 unspecified atom stereocenters. The van der Waals surface area contributed by atoms with Crippen LogP contribution in [0.1, 0.15) is 22.3 Å². The molecule has 4 aromatic carbocycles. The molecule has 2 aliphatic heterocycles. The van der Waals surface area contributed by atoms with Gasteiger partial charge in [0.05, 0.1) is 14.2 Å². The van der Waals surface area contributed by atoms with Crippen LogP contribution in [0.5, 0.6) is 34.5 Å². The lowest BCUT2D eigenvalue weighted by molar-refractivity contribution is -0.383. The SMILES string of the molecule is COc1cc(/C=C\C(=O)OC[C@@]2(O[C@H]3O[C@H](COC(=O)/C=C/c4ccc(O)c(OC)c4)[C@@H](O)[C@H](O)[C@H]3O)O[C@H](COC(=O)/C=C\c3ccc(O)cc3)[C@@H](O)[C@@H]2OC(=O)/C=C\c2ccc(O)cc2)ccc1O. The number of aliphatic hydroxyl groups excluding tert-OH is 4. The highest BCUT2D eigenvalue weighted by molar-refractivity contribution is 5.89. The molecule has 6 rings (SSSR count). The first-order valence-electron chi connectivity index (χ1n) is 21.5. The Bertz CT molecular complexity index is 2610. The van der Waals surface area contributed by atoms with Gasteiger partial charge in [-0.1, -0.05) is 36.4 Å². The third-order valence-electron chi connectivity index (χ3n) is 10.7. The molecule has 9 atom stereocenters. The third-order valence-corrected chi connectivity index (χ3v) is 10.7. The summed E-state index contributed by atoms with van der Waals surface area (Å²) in [6, 6.07) is 19.9. The van der Waals surface area contributed by atoms with Crippen LogP contribution in [0.15, 0.2) is 109 Å². The summed E-state index contributed by atoms with van der Waals surface area (Å²) in [5.74, 6) is -7.02. The van der Waals surface area contributed by atoms with Gasteiger partial charge in [0.25, 0.3) is 0 Å². The lowest BCUT2D eigenvalue weighted by atomic mass is 9.98. The highest BCUT2D eigenvalue weighted by atomic mass is 16.8. The van der Waals surface area contributed by atoms with E-state index in [1.54, 1.807) is 0 Å². The maximum Gasteiger partial charge on any atom is 0.331 e. The number of hydrogen-bond acceptors (Lipinski definition) is 21. The van der Waals surface area contributed by atoms with Crippen LogP contribution in [0.2, 0.25) is 0 Å². The Kier molecular flexibility index (Phi) is 17.9. The Hall–Kier alpha value is -7.76. The highest BCUT2D eigenvalue weighted by Crippen LogP contribution is 2.39. The summed E-state index contributed by atoms with van der Waals surface area (Å²) in [4.78, 5) is 52.6. The molecule has 0 spiro atoms. The number of rotatable bonds is 19. The first-order chi connectivity index (χ1) is 34.0. The molecule has 71 heavy (non-hydrogen) atoms. The summed E-state index contributed by atoms with van der Waals surface area (Å²) in [5, 5.41) is 84.2. The minimum atomic E-state index is -2.71. The monoisotopic (exact) mass is 986 g/mol. The summed E-state index contributed by atoms with van der Waals surface area (Å²) in [5.41, 5.74) is 1.74. The van der Waals surface area contributed by atoms with Crippen molar-refractivity contribution < 1.29 is 103 Å². The van der Waals surface area contributed by atoms with Crippen molar-refractivity contribution in [2.45, 2.75) is 54.8 Å². The van der Waals surface area contributed by atoms with Gasteiger partial charge in [-0.2, -0.15) is 0 Å². The number of carbonyl (C=O) groups is 4. The van der Waals surface area contributed by atoms with Crippen molar-refractivity contribution in [1.82, 2.24) is 0 Å². The molecule has 0 aromatic heterocycles. The van der Waals surface area contributed by atoms with Gasteiger partial charge in [-0.05, 0) is 95.1 Å². The van der Waals surface area contributed by atoms with E-state index in [-0.39, 0.29) is 34.5 Å². The van der Waals surface area contributed by atoms with Gasteiger partial charge in [0, 0.05) is 24.3 Å². The van der Waals surface area contributed by atoms with E-state index < -0.39 is 98.5 Å². The summed E-state index contributed by atoms with van der Waals surface area (Å²) < 4.78 is 50.2. The molecule has 0 amide bonds. The Morgan fingerprint density at radius 3 is 1.46 bits per heavy atom. The van der Waals surface area contributed by atoms with Crippen LogP contribution in [0, 0.1) is 0 Å². The number of methoxy groups -OCH3 is 2. The molecule has 21 nitrogen and oxygen atoms in total. The largest absolute Gasteiger partial charge is 0.508 e. The first kappa shape index (κ1) is 52.6. The molecule has 4 aromatic rings. The van der Waals surface area contributed by atoms with Gasteiger partial charge in [-0.3, -0.25) is 0 Å². The van der Waals surface area contributed by atoms with Crippen LogP contribution in [0.4, 0.5) is 0 Å². The number of benzene rings is 4. The number of ether oxygens (including phenoxy) is 9. The molecule has 376 valence electrons. The van der Waals surface area contributed by atoms with Crippen LogP contribution < -0.4 is 9.47 Å². The number of aromatic hydroxyl groups is 4. The molecular formula is C50H50O21. The number of carbonyl (C=O) groups excluding carboxylic acids is 4. The van der Waals surface area contributed by atoms with Gasteiger partial charge in [0.1, 0.15) is 67.9 Å². The van der Waals surface area contributed by atoms with Crippen LogP contribution in [0.3, 0.4) is 0 Å². The van der Waals surface area contributed by atoms with Gasteiger partial charge >= 0.3 is 23.9 Å². The first-order valence-corrected chi connectivity index (χ1v) is 21.5. The minimum Gasteiger partial charge on any atom is -0.508 e. The second-order valence-electron chi connectivity index (χ2n) is 15.7. The molecule has 8 N–H and O–H groups in total. The van der Waals surface area contributed by atoms with Gasteiger partial charge < -0.3 is 83.5 Å². The highest BCUT2D eigenvalue weighted by Gasteiger charge is 2.62. The number of esters is 4. The average Bonchev–Trinajstić information content (AvgIpc) is 3.62. The van der Waals surface area contributed by atoms with E-state index in [9.17, 15) is 60.0 Å². The van der Waals surface area contributed by atoms with E-state index in [0.29, 0.717) is 22.3 Å². The fourth-order valence-electron chi connectivity index (χ4n) is 6.97. The molecule has 21 heteroatoms. The normalized spacial score (nSPS) is 24.3. The maximum atomic E-state index is 13.5. The predicted octanol–water partition coefficient (Wildman–Crippen LogP) is 2.50. The summed E-state index contributed by atoms with van der Waals surface area (Å²) in [6.45, 7) is -2.62. The summed E-state index contributed by atoms with van der Waals surface area (Å²) in [6.07, 6.45) is -6.40. The smallest absolute Gasteiger partial charge is 0.331 e. The molecule has 2 heterocycles. The molecular weight excluding hydrogens is 937 g/mol. The number of aliphatic hydroxyl groups is 4. The van der Waals surface area contributed by atoms with E-state index in [0.717, 1.165) is 24.3 Å². The minimum absolute atomic E-state index is 0.0121. The zero-order valence-electron chi connectivity index (χ0n) is 37.8. The second-order valence-corrected chi connectivity index (χ2v) is 15.7. The number of hydrogen-bond donors (Lipinski definition) is 8. The molecule has 0 saturated carbocycles. The Balaban J connectivity index is 1.28. The summed E-state index contributed by atoms with van der Waals surface area (Å²) >= 11 is 0. The standard InChI is InChI=1S/C50H50O21/c1-63-36-23-30(7-17-34(36)53)11-20-41(56)65-25-38-44(59)46(61)47(62)49(68-38)71-50(27-67-42(57)21-12-31-8-18-35(54)37(24-31)64-2)48(69-43(58)22-10-29-5-15-33(52)16-6-29)45(60)39(70-50)26-66-40(55)19-9-28-3-13-32(51)14-4-28/h3-24,38-39,44-49,51-54,59-62H,25-27H2,1-2H3/b19-9-,20-11+,21-12-,22-10-/t38-,39-,44-,45-,46+,47-,48+,49-,50+/m1/s1. The topological polar surface area (TPSA) is 313 Å². The maximum absolute atomic E-state index is 13.5. The molecule has 0 radical (unpaired) electrons. The number of phenols is 4. The third kappa shape index (κ3) is 14.2. The summed E-state index contributed by atoms with van der Waals surface area (Å²) in [7, 11) is 2.66. The van der Waals surface area contributed by atoms with Crippen LogP contribution in [-0.4, -0.2) is 154 Å². The molecule has 2 fully saturated rings. The zero-order chi connectivity index (χ0) is 51.2. The van der Waals surface area contributed by atoms with Crippen molar-refractivity contribution in [2.75, 3.05) is 34.0 Å². The van der Waals surface area contributed by atoms with Gasteiger partial charge in [0.15, 0.2) is 35.4 Å². The second kappa shape index (κ2) is 24.2. The molecule has 0 bridgehead atoms. The van der Waals surface area contributed by atoms with Crippen molar-refractivity contribution in [2.24, 2.45) is 0 Å². The lowest BCUT2D eigenvalue weighted by Gasteiger charge is -2.43. The van der Waals surface area contributed by atoms with Crippen LogP contribution in [-0.2, 0) is 52.3 Å². The van der Waals surface area contributed by atoms with Gasteiger partial charge in [-0.15, -0.1) is 0 Å². The zero-order valence-corrected chi connectivity index (χ0v) is 37.8.